The molecule has 0 saturated heterocycles. The lowest BCUT2D eigenvalue weighted by atomic mass is 10.1. The summed E-state index contributed by atoms with van der Waals surface area (Å²) in [6.07, 6.45) is 0. The molecular formula is C10H11FN4O2S2. The van der Waals surface area contributed by atoms with E-state index in [2.05, 4.69) is 14.9 Å². The summed E-state index contributed by atoms with van der Waals surface area (Å²) < 4.78 is 39.2. The molecule has 1 atom stereocenters. The van der Waals surface area contributed by atoms with Gasteiger partial charge in [0, 0.05) is 6.04 Å². The van der Waals surface area contributed by atoms with E-state index in [4.69, 9.17) is 5.73 Å². The minimum Gasteiger partial charge on any atom is -0.374 e. The van der Waals surface area contributed by atoms with Gasteiger partial charge in [0.25, 0.3) is 10.0 Å². The van der Waals surface area contributed by atoms with Crippen LogP contribution in [0.5, 0.6) is 0 Å². The fourth-order valence-electron chi connectivity index (χ4n) is 1.46. The van der Waals surface area contributed by atoms with Crippen molar-refractivity contribution >= 4 is 26.5 Å². The summed E-state index contributed by atoms with van der Waals surface area (Å²) in [5, 5.41) is 6.98. The van der Waals surface area contributed by atoms with Crippen molar-refractivity contribution < 1.29 is 12.8 Å². The topological polar surface area (TPSA) is 98.0 Å². The molecule has 1 aromatic carbocycles. The Labute approximate surface area is 113 Å². The average Bonchev–Trinajstić information content (AvgIpc) is 2.76. The van der Waals surface area contributed by atoms with Crippen LogP contribution in [-0.2, 0) is 10.0 Å². The third-order valence-corrected chi connectivity index (χ3v) is 4.99. The number of nitrogen functional groups attached to an aromatic ring is 1. The lowest BCUT2D eigenvalue weighted by Crippen LogP contribution is -2.26. The Morgan fingerprint density at radius 2 is 2.16 bits per heavy atom. The van der Waals surface area contributed by atoms with Gasteiger partial charge in [0.05, 0.1) is 0 Å². The van der Waals surface area contributed by atoms with Gasteiger partial charge >= 0.3 is 0 Å². The standard InChI is InChI=1S/C10H11FN4O2S2/c1-6(7-3-2-4-8(11)5-7)15-19(16,17)10-14-13-9(12)18-10/h2-6,15H,1H3,(H2,12,13). The van der Waals surface area contributed by atoms with Crippen LogP contribution in [-0.4, -0.2) is 18.6 Å². The van der Waals surface area contributed by atoms with Crippen LogP contribution in [0, 0.1) is 5.82 Å². The summed E-state index contributed by atoms with van der Waals surface area (Å²) in [5.74, 6) is -0.427. The summed E-state index contributed by atoms with van der Waals surface area (Å²) >= 11 is 0.766. The maximum atomic E-state index is 13.1. The van der Waals surface area contributed by atoms with Gasteiger partial charge in [-0.2, -0.15) is 0 Å². The van der Waals surface area contributed by atoms with E-state index in [1.54, 1.807) is 13.0 Å². The molecular weight excluding hydrogens is 291 g/mol. The Kier molecular flexibility index (Phi) is 3.78. The Bertz CT molecular complexity index is 686. The smallest absolute Gasteiger partial charge is 0.270 e. The molecule has 0 fully saturated rings. The number of nitrogens with zero attached hydrogens (tertiary/aromatic N) is 2. The summed E-state index contributed by atoms with van der Waals surface area (Å²) in [4.78, 5) is 0. The summed E-state index contributed by atoms with van der Waals surface area (Å²) in [5.41, 5.74) is 5.86. The van der Waals surface area contributed by atoms with E-state index in [-0.39, 0.29) is 9.47 Å². The van der Waals surface area contributed by atoms with Gasteiger partial charge in [0.15, 0.2) is 0 Å². The second-order valence-electron chi connectivity index (χ2n) is 3.80. The molecule has 19 heavy (non-hydrogen) atoms. The first-order valence-corrected chi connectivity index (χ1v) is 7.55. The number of hydrogen-bond donors (Lipinski definition) is 2. The lowest BCUT2D eigenvalue weighted by molar-refractivity contribution is 0.562. The SMILES string of the molecule is CC(NS(=O)(=O)c1nnc(N)s1)c1cccc(F)c1. The van der Waals surface area contributed by atoms with E-state index in [1.165, 1.54) is 18.2 Å². The highest BCUT2D eigenvalue weighted by Crippen LogP contribution is 2.20. The zero-order valence-corrected chi connectivity index (χ0v) is 11.5. The quantitative estimate of drug-likeness (QED) is 0.887. The molecule has 1 aromatic heterocycles. The number of hydrogen-bond acceptors (Lipinski definition) is 6. The second-order valence-corrected chi connectivity index (χ2v) is 6.70. The van der Waals surface area contributed by atoms with Crippen LogP contribution in [0.2, 0.25) is 0 Å². The molecule has 2 aromatic rings. The summed E-state index contributed by atoms with van der Waals surface area (Å²) in [6, 6.07) is 5.10. The summed E-state index contributed by atoms with van der Waals surface area (Å²) in [6.45, 7) is 1.61. The number of sulfonamides is 1. The number of rotatable bonds is 4. The fraction of sp³-hybridized carbons (Fsp3) is 0.200. The molecule has 0 saturated carbocycles. The van der Waals surface area contributed by atoms with Gasteiger partial charge < -0.3 is 5.73 Å². The molecule has 0 spiro atoms. The average molecular weight is 302 g/mol. The highest BCUT2D eigenvalue weighted by atomic mass is 32.2. The maximum Gasteiger partial charge on any atom is 0.270 e. The Morgan fingerprint density at radius 1 is 1.42 bits per heavy atom. The van der Waals surface area contributed by atoms with E-state index < -0.39 is 21.9 Å². The van der Waals surface area contributed by atoms with Gasteiger partial charge in [0.1, 0.15) is 5.82 Å². The molecule has 2 rings (SSSR count). The molecule has 0 radical (unpaired) electrons. The highest BCUT2D eigenvalue weighted by Gasteiger charge is 2.22. The van der Waals surface area contributed by atoms with Crippen LogP contribution >= 0.6 is 11.3 Å². The molecule has 0 aliphatic rings. The zero-order chi connectivity index (χ0) is 14.0. The number of nitrogens with two attached hydrogens (primary N) is 1. The Hall–Kier alpha value is -1.58. The van der Waals surface area contributed by atoms with Crippen molar-refractivity contribution in [3.05, 3.63) is 35.6 Å². The van der Waals surface area contributed by atoms with E-state index in [9.17, 15) is 12.8 Å². The van der Waals surface area contributed by atoms with E-state index in [0.717, 1.165) is 11.3 Å². The molecule has 6 nitrogen and oxygen atoms in total. The Morgan fingerprint density at radius 3 is 2.74 bits per heavy atom. The number of halogens is 1. The number of benzene rings is 1. The van der Waals surface area contributed by atoms with Gasteiger partial charge in [-0.15, -0.1) is 10.2 Å². The molecule has 3 N–H and O–H groups in total. The van der Waals surface area contributed by atoms with E-state index in [0.29, 0.717) is 5.56 Å². The predicted molar refractivity (Wildman–Crippen MR) is 69.5 cm³/mol. The highest BCUT2D eigenvalue weighted by molar-refractivity contribution is 7.91. The van der Waals surface area contributed by atoms with Gasteiger partial charge in [0.2, 0.25) is 9.47 Å². The maximum absolute atomic E-state index is 13.1. The van der Waals surface area contributed by atoms with Crippen LogP contribution in [0.25, 0.3) is 0 Å². The van der Waals surface area contributed by atoms with Gasteiger partial charge in [-0.05, 0) is 24.6 Å². The molecule has 0 bridgehead atoms. The number of aromatic nitrogens is 2. The van der Waals surface area contributed by atoms with Crippen LogP contribution in [0.3, 0.4) is 0 Å². The van der Waals surface area contributed by atoms with Crippen LogP contribution in [0.1, 0.15) is 18.5 Å². The molecule has 1 unspecified atom stereocenters. The first kappa shape index (κ1) is 13.8. The molecule has 102 valence electrons. The molecule has 0 aliphatic carbocycles. The molecule has 0 aliphatic heterocycles. The van der Waals surface area contributed by atoms with Crippen molar-refractivity contribution in [1.82, 2.24) is 14.9 Å². The van der Waals surface area contributed by atoms with Crippen molar-refractivity contribution in [3.8, 4) is 0 Å². The van der Waals surface area contributed by atoms with Crippen molar-refractivity contribution in [2.45, 2.75) is 17.3 Å². The number of anilines is 1. The second kappa shape index (κ2) is 5.19. The van der Waals surface area contributed by atoms with Gasteiger partial charge in [-0.25, -0.2) is 17.5 Å². The fourth-order valence-corrected chi connectivity index (χ4v) is 3.49. The van der Waals surface area contributed by atoms with E-state index >= 15 is 0 Å². The minimum atomic E-state index is -3.81. The monoisotopic (exact) mass is 302 g/mol. The normalized spacial score (nSPS) is 13.4. The third-order valence-electron chi connectivity index (χ3n) is 2.33. The molecule has 0 amide bonds. The zero-order valence-electron chi connectivity index (χ0n) is 9.87. The van der Waals surface area contributed by atoms with Crippen LogP contribution < -0.4 is 10.5 Å². The van der Waals surface area contributed by atoms with Crippen LogP contribution in [0.15, 0.2) is 28.6 Å². The Balaban J connectivity index is 2.21. The van der Waals surface area contributed by atoms with Gasteiger partial charge in [-0.3, -0.25) is 0 Å². The van der Waals surface area contributed by atoms with Crippen molar-refractivity contribution in [2.75, 3.05) is 5.73 Å². The first-order valence-electron chi connectivity index (χ1n) is 5.25. The lowest BCUT2D eigenvalue weighted by Gasteiger charge is -2.12. The molecule has 9 heteroatoms. The van der Waals surface area contributed by atoms with E-state index in [1.807, 2.05) is 0 Å². The van der Waals surface area contributed by atoms with Crippen molar-refractivity contribution in [3.63, 3.8) is 0 Å². The van der Waals surface area contributed by atoms with Crippen molar-refractivity contribution in [2.24, 2.45) is 0 Å². The minimum absolute atomic E-state index is 0.0683. The largest absolute Gasteiger partial charge is 0.374 e. The third kappa shape index (κ3) is 3.25. The number of nitrogens with one attached hydrogen (secondary N) is 1. The van der Waals surface area contributed by atoms with Crippen molar-refractivity contribution in [1.29, 1.82) is 0 Å². The van der Waals surface area contributed by atoms with Gasteiger partial charge in [-0.1, -0.05) is 23.5 Å². The first-order chi connectivity index (χ1) is 8.88. The van der Waals surface area contributed by atoms with Crippen LogP contribution in [0.4, 0.5) is 9.52 Å². The molecule has 1 heterocycles. The predicted octanol–water partition coefficient (Wildman–Crippen LogP) is 1.30. The summed E-state index contributed by atoms with van der Waals surface area (Å²) in [7, 11) is -3.81.